The van der Waals surface area contributed by atoms with E-state index in [0.717, 1.165) is 42.6 Å². The first-order valence-electron chi connectivity index (χ1n) is 10.4. The molecule has 4 heterocycles. The van der Waals surface area contributed by atoms with Gasteiger partial charge in [0.25, 0.3) is 0 Å². The molecule has 0 nitrogen and oxygen atoms in total. The molecular weight excluding hydrogens is 583 g/mol. The lowest BCUT2D eigenvalue weighted by molar-refractivity contribution is 0.622. The molecule has 0 spiro atoms. The minimum atomic E-state index is -0.278. The van der Waals surface area contributed by atoms with Crippen molar-refractivity contribution in [3.8, 4) is 0 Å². The van der Waals surface area contributed by atoms with Gasteiger partial charge in [-0.3, -0.25) is 0 Å². The van der Waals surface area contributed by atoms with Gasteiger partial charge in [0.1, 0.15) is 11.6 Å². The average molecular weight is 599 g/mol. The molecule has 0 atom stereocenters. The predicted octanol–water partition coefficient (Wildman–Crippen LogP) is 10.2. The van der Waals surface area contributed by atoms with Crippen LogP contribution in [0.4, 0.5) is 8.78 Å². The summed E-state index contributed by atoms with van der Waals surface area (Å²) in [6.07, 6.45) is 0. The van der Waals surface area contributed by atoms with Gasteiger partial charge in [0.2, 0.25) is 0 Å². The standard InChI is InChI=1S/C24H16F2S8/c25-15-7-3-1-5-13(15)17(19-31-21-22(32-19)28-10-9-27-21)18(14-6-2-4-8-16(14)26)20-33-23-24(34-20)30-12-11-29-23/h1-8H,9-12H2. The normalized spacial score (nSPS) is 20.1. The zero-order valence-corrected chi connectivity index (χ0v) is 24.0. The third-order valence-corrected chi connectivity index (χ3v) is 16.7. The van der Waals surface area contributed by atoms with Crippen molar-refractivity contribution in [2.75, 3.05) is 23.0 Å². The lowest BCUT2D eigenvalue weighted by atomic mass is 9.94. The fraction of sp³-hybridized carbons (Fsp3) is 0.167. The van der Waals surface area contributed by atoms with Crippen LogP contribution in [0.1, 0.15) is 11.1 Å². The maximum atomic E-state index is 15.4. The zero-order chi connectivity index (χ0) is 23.1. The molecule has 0 saturated heterocycles. The second-order valence-electron chi connectivity index (χ2n) is 7.24. The molecule has 6 rings (SSSR count). The Labute approximate surface area is 231 Å². The van der Waals surface area contributed by atoms with Crippen LogP contribution in [0.5, 0.6) is 0 Å². The molecule has 0 N–H and O–H groups in total. The lowest BCUT2D eigenvalue weighted by Gasteiger charge is -2.19. The molecule has 0 aromatic heterocycles. The van der Waals surface area contributed by atoms with Crippen LogP contribution in [0.2, 0.25) is 0 Å². The molecule has 34 heavy (non-hydrogen) atoms. The van der Waals surface area contributed by atoms with Gasteiger partial charge in [-0.1, -0.05) is 83.4 Å². The minimum Gasteiger partial charge on any atom is -0.206 e. The summed E-state index contributed by atoms with van der Waals surface area (Å²) in [5, 5.41) is 0. The smallest absolute Gasteiger partial charge is 0.131 e. The van der Waals surface area contributed by atoms with Crippen LogP contribution in [0.15, 0.2) is 74.0 Å². The van der Waals surface area contributed by atoms with Crippen molar-refractivity contribution in [3.05, 3.63) is 96.7 Å². The van der Waals surface area contributed by atoms with Crippen molar-refractivity contribution in [1.29, 1.82) is 0 Å². The summed E-state index contributed by atoms with van der Waals surface area (Å²) in [5.41, 5.74) is 2.67. The van der Waals surface area contributed by atoms with Crippen molar-refractivity contribution >= 4 is 105 Å². The molecule has 0 aliphatic carbocycles. The van der Waals surface area contributed by atoms with E-state index in [1.54, 1.807) is 59.2 Å². The summed E-state index contributed by atoms with van der Waals surface area (Å²) in [6.45, 7) is 0. The van der Waals surface area contributed by atoms with E-state index in [-0.39, 0.29) is 11.6 Å². The Hall–Kier alpha value is 0.0600. The molecule has 4 aliphatic rings. The zero-order valence-electron chi connectivity index (χ0n) is 17.5. The number of benzene rings is 2. The SMILES string of the molecule is Fc1ccccc1C(=C1SC2=C(SCCS2)S1)C(=C1SC2=C(SCCS2)S1)c1ccccc1F. The van der Waals surface area contributed by atoms with Crippen LogP contribution in [0.25, 0.3) is 11.1 Å². The Bertz CT molecular complexity index is 1150. The first-order valence-corrected chi connectivity index (χ1v) is 17.6. The number of halogens is 2. The molecule has 0 amide bonds. The topological polar surface area (TPSA) is 0 Å². The summed E-state index contributed by atoms with van der Waals surface area (Å²) < 4.78 is 38.0. The highest BCUT2D eigenvalue weighted by Gasteiger charge is 2.34. The second kappa shape index (κ2) is 10.8. The Morgan fingerprint density at radius 1 is 0.500 bits per heavy atom. The number of rotatable bonds is 3. The van der Waals surface area contributed by atoms with Crippen LogP contribution in [-0.2, 0) is 0 Å². The summed E-state index contributed by atoms with van der Waals surface area (Å²) in [4.78, 5) is 0. The second-order valence-corrected chi connectivity index (χ2v) is 17.3. The Morgan fingerprint density at radius 2 is 0.824 bits per heavy atom. The van der Waals surface area contributed by atoms with E-state index in [0.29, 0.717) is 11.1 Å². The van der Waals surface area contributed by atoms with Gasteiger partial charge in [-0.05, 0) is 12.1 Å². The monoisotopic (exact) mass is 598 g/mol. The third kappa shape index (κ3) is 4.83. The molecule has 4 aliphatic heterocycles. The first kappa shape index (κ1) is 24.4. The summed E-state index contributed by atoms with van der Waals surface area (Å²) in [6, 6.07) is 13.8. The van der Waals surface area contributed by atoms with Crippen LogP contribution in [-0.4, -0.2) is 23.0 Å². The van der Waals surface area contributed by atoms with Crippen molar-refractivity contribution in [2.24, 2.45) is 0 Å². The fourth-order valence-electron chi connectivity index (χ4n) is 3.66. The fourth-order valence-corrected chi connectivity index (χ4v) is 15.8. The van der Waals surface area contributed by atoms with Gasteiger partial charge in [-0.15, -0.1) is 47.0 Å². The van der Waals surface area contributed by atoms with E-state index in [1.165, 1.54) is 29.1 Å². The molecule has 0 fully saturated rings. The van der Waals surface area contributed by atoms with Crippen LogP contribution >= 0.6 is 94.1 Å². The number of allylic oxidation sites excluding steroid dienone is 2. The van der Waals surface area contributed by atoms with E-state index in [1.807, 2.05) is 71.3 Å². The van der Waals surface area contributed by atoms with Gasteiger partial charge >= 0.3 is 0 Å². The predicted molar refractivity (Wildman–Crippen MR) is 161 cm³/mol. The van der Waals surface area contributed by atoms with Crippen molar-refractivity contribution < 1.29 is 8.78 Å². The van der Waals surface area contributed by atoms with Gasteiger partial charge in [-0.2, -0.15) is 0 Å². The maximum Gasteiger partial charge on any atom is 0.131 e. The highest BCUT2D eigenvalue weighted by atomic mass is 32.3. The van der Waals surface area contributed by atoms with Gasteiger partial charge in [0.15, 0.2) is 0 Å². The lowest BCUT2D eigenvalue weighted by Crippen LogP contribution is -1.99. The van der Waals surface area contributed by atoms with Crippen molar-refractivity contribution in [1.82, 2.24) is 0 Å². The molecule has 10 heteroatoms. The third-order valence-electron chi connectivity index (χ3n) is 5.12. The average Bonchev–Trinajstić information content (AvgIpc) is 3.48. The van der Waals surface area contributed by atoms with E-state index >= 15 is 8.78 Å². The number of hydrogen-bond acceptors (Lipinski definition) is 8. The minimum absolute atomic E-state index is 0.278. The van der Waals surface area contributed by atoms with Gasteiger partial charge in [0, 0.05) is 45.3 Å². The van der Waals surface area contributed by atoms with Crippen LogP contribution in [0, 0.1) is 11.6 Å². The van der Waals surface area contributed by atoms with E-state index in [4.69, 9.17) is 0 Å². The summed E-state index contributed by atoms with van der Waals surface area (Å²) in [7, 11) is 0. The molecule has 2 aromatic rings. The molecule has 174 valence electrons. The van der Waals surface area contributed by atoms with Crippen molar-refractivity contribution in [2.45, 2.75) is 0 Å². The number of hydrogen-bond donors (Lipinski definition) is 0. The van der Waals surface area contributed by atoms with E-state index < -0.39 is 0 Å². The largest absolute Gasteiger partial charge is 0.206 e. The van der Waals surface area contributed by atoms with Gasteiger partial charge in [0.05, 0.1) is 25.4 Å². The maximum absolute atomic E-state index is 15.4. The van der Waals surface area contributed by atoms with Crippen molar-refractivity contribution in [3.63, 3.8) is 0 Å². The Morgan fingerprint density at radius 3 is 1.15 bits per heavy atom. The highest BCUT2D eigenvalue weighted by molar-refractivity contribution is 8.42. The quantitative estimate of drug-likeness (QED) is 0.338. The first-order chi connectivity index (χ1) is 16.7. The molecule has 0 saturated carbocycles. The molecule has 0 radical (unpaired) electrons. The van der Waals surface area contributed by atoms with Crippen LogP contribution in [0.3, 0.4) is 0 Å². The molecule has 0 unspecified atom stereocenters. The molecule has 0 bridgehead atoms. The summed E-state index contributed by atoms with van der Waals surface area (Å²) in [5.74, 6) is 3.77. The Balaban J connectivity index is 1.58. The Kier molecular flexibility index (Phi) is 7.76. The van der Waals surface area contributed by atoms with Crippen LogP contribution < -0.4 is 0 Å². The highest BCUT2D eigenvalue weighted by Crippen LogP contribution is 2.66. The molecule has 2 aromatic carbocycles. The van der Waals surface area contributed by atoms with E-state index in [2.05, 4.69) is 0 Å². The molecular formula is C24H16F2S8. The summed E-state index contributed by atoms with van der Waals surface area (Å²) >= 11 is 14.4. The number of thioether (sulfide) groups is 8. The van der Waals surface area contributed by atoms with Gasteiger partial charge < -0.3 is 0 Å². The van der Waals surface area contributed by atoms with Gasteiger partial charge in [-0.25, -0.2) is 8.78 Å². The van der Waals surface area contributed by atoms with E-state index in [9.17, 15) is 0 Å².